The Kier molecular flexibility index (Phi) is 4.35. The minimum atomic E-state index is -0.879. The summed E-state index contributed by atoms with van der Waals surface area (Å²) in [6, 6.07) is 4.25. The molecule has 120 valence electrons. The third kappa shape index (κ3) is 3.31. The third-order valence-electron chi connectivity index (χ3n) is 3.08. The lowest BCUT2D eigenvalue weighted by atomic mass is 10.2. The maximum Gasteiger partial charge on any atom is 0.320 e. The van der Waals surface area contributed by atoms with E-state index in [1.807, 2.05) is 0 Å². The van der Waals surface area contributed by atoms with Gasteiger partial charge in [0.15, 0.2) is 0 Å². The SMILES string of the molecule is CCn1cc([N+](=O)[O-])c(C(=O)Nc2ccc(C)cc2[N+](=O)[O-])n1. The average Bonchev–Trinajstić information content (AvgIpc) is 2.93. The summed E-state index contributed by atoms with van der Waals surface area (Å²) in [5, 5.41) is 28.2. The van der Waals surface area contributed by atoms with E-state index in [9.17, 15) is 25.0 Å². The van der Waals surface area contributed by atoms with Crippen LogP contribution in [0.15, 0.2) is 24.4 Å². The first-order valence-corrected chi connectivity index (χ1v) is 6.61. The van der Waals surface area contributed by atoms with E-state index in [2.05, 4.69) is 10.4 Å². The Morgan fingerprint density at radius 2 is 1.91 bits per heavy atom. The fourth-order valence-electron chi connectivity index (χ4n) is 1.95. The maximum atomic E-state index is 12.2. The van der Waals surface area contributed by atoms with Crippen LogP contribution in [-0.4, -0.2) is 25.5 Å². The van der Waals surface area contributed by atoms with E-state index < -0.39 is 27.1 Å². The topological polar surface area (TPSA) is 133 Å². The largest absolute Gasteiger partial charge is 0.320 e. The minimum Gasteiger partial charge on any atom is -0.315 e. The third-order valence-corrected chi connectivity index (χ3v) is 3.08. The van der Waals surface area contributed by atoms with Crippen molar-refractivity contribution in [1.82, 2.24) is 9.78 Å². The summed E-state index contributed by atoms with van der Waals surface area (Å²) >= 11 is 0. The second-order valence-corrected chi connectivity index (χ2v) is 4.71. The number of hydrogen-bond donors (Lipinski definition) is 1. The van der Waals surface area contributed by atoms with Gasteiger partial charge in [0.25, 0.3) is 11.6 Å². The molecule has 10 heteroatoms. The van der Waals surface area contributed by atoms with Gasteiger partial charge in [-0.25, -0.2) is 0 Å². The zero-order chi connectivity index (χ0) is 17.1. The summed E-state index contributed by atoms with van der Waals surface area (Å²) in [4.78, 5) is 32.9. The number of aromatic nitrogens is 2. The zero-order valence-corrected chi connectivity index (χ0v) is 12.3. The van der Waals surface area contributed by atoms with Gasteiger partial charge in [-0.3, -0.25) is 29.7 Å². The molecule has 0 aliphatic carbocycles. The lowest BCUT2D eigenvalue weighted by Gasteiger charge is -2.05. The molecule has 0 fully saturated rings. The Bertz CT molecular complexity index is 798. The molecule has 2 aromatic rings. The molecule has 1 N–H and O–H groups in total. The van der Waals surface area contributed by atoms with Crippen molar-refractivity contribution in [3.63, 3.8) is 0 Å². The number of rotatable bonds is 5. The predicted molar refractivity (Wildman–Crippen MR) is 80.3 cm³/mol. The molecule has 2 rings (SSSR count). The highest BCUT2D eigenvalue weighted by molar-refractivity contribution is 6.06. The molecular weight excluding hydrogens is 306 g/mol. The predicted octanol–water partition coefficient (Wildman–Crippen LogP) is 2.28. The van der Waals surface area contributed by atoms with Crippen molar-refractivity contribution in [2.45, 2.75) is 20.4 Å². The molecule has 0 atom stereocenters. The fraction of sp³-hybridized carbons (Fsp3) is 0.231. The first-order chi connectivity index (χ1) is 10.8. The van der Waals surface area contributed by atoms with Crippen molar-refractivity contribution in [3.05, 3.63) is 55.9 Å². The molecule has 1 amide bonds. The number of nitro groups is 2. The molecular formula is C13H13N5O5. The quantitative estimate of drug-likeness (QED) is 0.663. The summed E-state index contributed by atoms with van der Waals surface area (Å²) < 4.78 is 1.25. The second kappa shape index (κ2) is 6.22. The van der Waals surface area contributed by atoms with Gasteiger partial charge < -0.3 is 5.32 Å². The van der Waals surface area contributed by atoms with Gasteiger partial charge in [-0.2, -0.15) is 5.10 Å². The highest BCUT2D eigenvalue weighted by Crippen LogP contribution is 2.26. The molecule has 1 aromatic heterocycles. The zero-order valence-electron chi connectivity index (χ0n) is 12.3. The molecule has 0 aliphatic heterocycles. The fourth-order valence-corrected chi connectivity index (χ4v) is 1.95. The number of aryl methyl sites for hydroxylation is 2. The molecule has 0 radical (unpaired) electrons. The standard InChI is InChI=1S/C13H13N5O5/c1-3-16-7-11(18(22)23)12(15-16)13(19)14-9-5-4-8(2)6-10(9)17(20)21/h4-7H,3H2,1-2H3,(H,14,19). The van der Waals surface area contributed by atoms with Gasteiger partial charge in [0.1, 0.15) is 11.9 Å². The molecule has 0 bridgehead atoms. The summed E-state index contributed by atoms with van der Waals surface area (Å²) in [7, 11) is 0. The van der Waals surface area contributed by atoms with Crippen molar-refractivity contribution in [2.75, 3.05) is 5.32 Å². The van der Waals surface area contributed by atoms with Gasteiger partial charge in [0.2, 0.25) is 5.69 Å². The van der Waals surface area contributed by atoms with Crippen LogP contribution in [0, 0.1) is 27.2 Å². The lowest BCUT2D eigenvalue weighted by molar-refractivity contribution is -0.385. The van der Waals surface area contributed by atoms with Crippen LogP contribution in [0.5, 0.6) is 0 Å². The van der Waals surface area contributed by atoms with Crippen LogP contribution in [0.1, 0.15) is 23.0 Å². The van der Waals surface area contributed by atoms with E-state index in [0.29, 0.717) is 12.1 Å². The molecule has 0 spiro atoms. The van der Waals surface area contributed by atoms with E-state index in [4.69, 9.17) is 0 Å². The second-order valence-electron chi connectivity index (χ2n) is 4.71. The lowest BCUT2D eigenvalue weighted by Crippen LogP contribution is -2.15. The van der Waals surface area contributed by atoms with Crippen LogP contribution in [0.4, 0.5) is 17.1 Å². The summed E-state index contributed by atoms with van der Waals surface area (Å²) in [6.45, 7) is 3.73. The van der Waals surface area contributed by atoms with Crippen LogP contribution in [0.25, 0.3) is 0 Å². The Morgan fingerprint density at radius 3 is 2.48 bits per heavy atom. The smallest absolute Gasteiger partial charge is 0.315 e. The van der Waals surface area contributed by atoms with Gasteiger partial charge in [0, 0.05) is 12.6 Å². The van der Waals surface area contributed by atoms with Crippen LogP contribution in [0.3, 0.4) is 0 Å². The molecule has 0 aliphatic rings. The number of anilines is 1. The Hall–Kier alpha value is -3.30. The molecule has 1 heterocycles. The number of amides is 1. The summed E-state index contributed by atoms with van der Waals surface area (Å²) in [5.74, 6) is -0.879. The number of hydrogen-bond acceptors (Lipinski definition) is 6. The Labute approximate surface area is 130 Å². The number of nitro benzene ring substituents is 1. The molecule has 0 unspecified atom stereocenters. The van der Waals surface area contributed by atoms with Crippen molar-refractivity contribution in [1.29, 1.82) is 0 Å². The van der Waals surface area contributed by atoms with Crippen molar-refractivity contribution >= 4 is 23.0 Å². The number of carbonyl (C=O) groups is 1. The first kappa shape index (κ1) is 16.1. The van der Waals surface area contributed by atoms with E-state index in [0.717, 1.165) is 6.20 Å². The van der Waals surface area contributed by atoms with Gasteiger partial charge in [-0.15, -0.1) is 0 Å². The Morgan fingerprint density at radius 1 is 1.26 bits per heavy atom. The van der Waals surface area contributed by atoms with Gasteiger partial charge >= 0.3 is 5.69 Å². The normalized spacial score (nSPS) is 10.3. The molecule has 0 saturated heterocycles. The van der Waals surface area contributed by atoms with E-state index >= 15 is 0 Å². The summed E-state index contributed by atoms with van der Waals surface area (Å²) in [5.41, 5.74) is -0.552. The molecule has 0 saturated carbocycles. The minimum absolute atomic E-state index is 0.0500. The highest BCUT2D eigenvalue weighted by Gasteiger charge is 2.27. The molecule has 23 heavy (non-hydrogen) atoms. The maximum absolute atomic E-state index is 12.2. The monoisotopic (exact) mass is 319 g/mol. The first-order valence-electron chi connectivity index (χ1n) is 6.61. The van der Waals surface area contributed by atoms with E-state index in [-0.39, 0.29) is 11.4 Å². The van der Waals surface area contributed by atoms with Crippen LogP contribution < -0.4 is 5.32 Å². The number of nitrogens with zero attached hydrogens (tertiary/aromatic N) is 4. The number of nitrogens with one attached hydrogen (secondary N) is 1. The highest BCUT2D eigenvalue weighted by atomic mass is 16.6. The van der Waals surface area contributed by atoms with Gasteiger partial charge in [-0.1, -0.05) is 6.07 Å². The van der Waals surface area contributed by atoms with Crippen molar-refractivity contribution in [2.24, 2.45) is 0 Å². The average molecular weight is 319 g/mol. The molecule has 10 nitrogen and oxygen atoms in total. The summed E-state index contributed by atoms with van der Waals surface area (Å²) in [6.07, 6.45) is 1.14. The van der Waals surface area contributed by atoms with Gasteiger partial charge in [0.05, 0.1) is 9.85 Å². The van der Waals surface area contributed by atoms with E-state index in [1.54, 1.807) is 19.9 Å². The van der Waals surface area contributed by atoms with Crippen LogP contribution in [0.2, 0.25) is 0 Å². The molecule has 1 aromatic carbocycles. The van der Waals surface area contributed by atoms with Crippen LogP contribution >= 0.6 is 0 Å². The van der Waals surface area contributed by atoms with Gasteiger partial charge in [-0.05, 0) is 25.5 Å². The van der Waals surface area contributed by atoms with Crippen LogP contribution in [-0.2, 0) is 6.54 Å². The Balaban J connectivity index is 2.39. The number of benzene rings is 1. The van der Waals surface area contributed by atoms with Crippen molar-refractivity contribution in [3.8, 4) is 0 Å². The number of carbonyl (C=O) groups excluding carboxylic acids is 1. The van der Waals surface area contributed by atoms with Crippen molar-refractivity contribution < 1.29 is 14.6 Å². The van der Waals surface area contributed by atoms with E-state index in [1.165, 1.54) is 16.8 Å².